The Balaban J connectivity index is 1.48. The summed E-state index contributed by atoms with van der Waals surface area (Å²) in [6.07, 6.45) is 12.2. The zero-order valence-corrected chi connectivity index (χ0v) is 18.3. The van der Waals surface area contributed by atoms with Crippen molar-refractivity contribution in [3.63, 3.8) is 0 Å². The number of rotatable bonds is 5. The molecule has 1 saturated carbocycles. The van der Waals surface area contributed by atoms with E-state index < -0.39 is 0 Å². The number of nitrogens with zero attached hydrogens (tertiary/aromatic N) is 1. The molecule has 0 unspecified atom stereocenters. The normalized spacial score (nSPS) is 19.8. The number of aryl methyl sites for hydroxylation is 1. The molecule has 1 saturated heterocycles. The summed E-state index contributed by atoms with van der Waals surface area (Å²) in [4.78, 5) is 2.79. The number of methoxy groups -OCH3 is 1. The summed E-state index contributed by atoms with van der Waals surface area (Å²) >= 11 is 0. The standard InChI is InChI=1S/C27H37NO/c1-3-21-10-12-22(13-11-21)24-14-15-27(29-2)26(20-24)23-16-18-28(19-17-23)25-8-6-4-5-7-9-25/h10-15,20,23,25H,3-9,16-19H2,1-2H3. The van der Waals surface area contributed by atoms with E-state index in [0.717, 1.165) is 18.2 Å². The van der Waals surface area contributed by atoms with E-state index in [0.29, 0.717) is 5.92 Å². The van der Waals surface area contributed by atoms with E-state index in [2.05, 4.69) is 54.3 Å². The first kappa shape index (κ1) is 20.5. The second kappa shape index (κ2) is 9.80. The fraction of sp³-hybridized carbons (Fsp3) is 0.556. The Labute approximate surface area is 177 Å². The van der Waals surface area contributed by atoms with Gasteiger partial charge in [-0.3, -0.25) is 0 Å². The number of hydrogen-bond donors (Lipinski definition) is 0. The van der Waals surface area contributed by atoms with Crippen LogP contribution in [0.1, 0.15) is 75.3 Å². The van der Waals surface area contributed by atoms with E-state index in [1.54, 1.807) is 0 Å². The zero-order valence-electron chi connectivity index (χ0n) is 18.3. The lowest BCUT2D eigenvalue weighted by molar-refractivity contribution is 0.138. The van der Waals surface area contributed by atoms with Crippen LogP contribution in [0.25, 0.3) is 11.1 Å². The van der Waals surface area contributed by atoms with E-state index in [1.165, 1.54) is 86.7 Å². The summed E-state index contributed by atoms with van der Waals surface area (Å²) in [5.41, 5.74) is 5.43. The molecule has 2 aromatic rings. The van der Waals surface area contributed by atoms with Crippen molar-refractivity contribution in [3.05, 3.63) is 53.6 Å². The van der Waals surface area contributed by atoms with Crippen LogP contribution in [0.5, 0.6) is 5.75 Å². The maximum absolute atomic E-state index is 5.77. The third-order valence-corrected chi connectivity index (χ3v) is 7.24. The first-order chi connectivity index (χ1) is 14.3. The second-order valence-electron chi connectivity index (χ2n) is 8.96. The fourth-order valence-electron chi connectivity index (χ4n) is 5.36. The quantitative estimate of drug-likeness (QED) is 0.518. The smallest absolute Gasteiger partial charge is 0.122 e. The SMILES string of the molecule is CCc1ccc(-c2ccc(OC)c(C3CCN(C4CCCCCC4)CC3)c2)cc1. The predicted octanol–water partition coefficient (Wildman–Crippen LogP) is 6.83. The first-order valence-electron chi connectivity index (χ1n) is 11.8. The van der Waals surface area contributed by atoms with Gasteiger partial charge in [0.15, 0.2) is 0 Å². The van der Waals surface area contributed by atoms with Gasteiger partial charge in [-0.25, -0.2) is 0 Å². The summed E-state index contributed by atoms with van der Waals surface area (Å²) in [6.45, 7) is 4.70. The van der Waals surface area contributed by atoms with E-state index in [4.69, 9.17) is 4.74 Å². The van der Waals surface area contributed by atoms with Crippen molar-refractivity contribution in [2.75, 3.05) is 20.2 Å². The molecule has 0 amide bonds. The average molecular weight is 392 g/mol. The summed E-state index contributed by atoms with van der Waals surface area (Å²) in [6, 6.07) is 16.7. The van der Waals surface area contributed by atoms with Crippen LogP contribution < -0.4 is 4.74 Å². The highest BCUT2D eigenvalue weighted by Crippen LogP contribution is 2.38. The molecule has 0 bridgehead atoms. The van der Waals surface area contributed by atoms with Gasteiger partial charge in [0.25, 0.3) is 0 Å². The third-order valence-electron chi connectivity index (χ3n) is 7.24. The number of ether oxygens (including phenoxy) is 1. The van der Waals surface area contributed by atoms with Crippen molar-refractivity contribution in [3.8, 4) is 16.9 Å². The molecule has 1 heterocycles. The molecule has 0 radical (unpaired) electrons. The molecule has 156 valence electrons. The van der Waals surface area contributed by atoms with Gasteiger partial charge in [0.1, 0.15) is 5.75 Å². The number of piperidine rings is 1. The van der Waals surface area contributed by atoms with Crippen LogP contribution >= 0.6 is 0 Å². The lowest BCUT2D eigenvalue weighted by Crippen LogP contribution is -2.40. The van der Waals surface area contributed by atoms with Crippen LogP contribution in [0, 0.1) is 0 Å². The summed E-state index contributed by atoms with van der Waals surface area (Å²) in [5.74, 6) is 1.67. The zero-order chi connectivity index (χ0) is 20.1. The Bertz CT molecular complexity index is 766. The highest BCUT2D eigenvalue weighted by molar-refractivity contribution is 5.66. The molecule has 1 aliphatic carbocycles. The molecule has 1 aliphatic heterocycles. The van der Waals surface area contributed by atoms with Crippen molar-refractivity contribution >= 4 is 0 Å². The predicted molar refractivity (Wildman–Crippen MR) is 123 cm³/mol. The van der Waals surface area contributed by atoms with Crippen molar-refractivity contribution < 1.29 is 4.74 Å². The molecule has 29 heavy (non-hydrogen) atoms. The largest absolute Gasteiger partial charge is 0.496 e. The van der Waals surface area contributed by atoms with Crippen molar-refractivity contribution in [2.24, 2.45) is 0 Å². The van der Waals surface area contributed by atoms with Gasteiger partial charge < -0.3 is 9.64 Å². The Kier molecular flexibility index (Phi) is 6.92. The molecule has 0 spiro atoms. The van der Waals surface area contributed by atoms with Gasteiger partial charge in [-0.15, -0.1) is 0 Å². The second-order valence-corrected chi connectivity index (χ2v) is 8.96. The molecular weight excluding hydrogens is 354 g/mol. The lowest BCUT2D eigenvalue weighted by Gasteiger charge is -2.38. The number of likely N-dealkylation sites (tertiary alicyclic amines) is 1. The van der Waals surface area contributed by atoms with Gasteiger partial charge in [-0.05, 0) is 85.5 Å². The van der Waals surface area contributed by atoms with Crippen molar-refractivity contribution in [1.29, 1.82) is 0 Å². The van der Waals surface area contributed by atoms with Crippen LogP contribution in [0.4, 0.5) is 0 Å². The van der Waals surface area contributed by atoms with E-state index in [1.807, 2.05) is 7.11 Å². The van der Waals surface area contributed by atoms with Gasteiger partial charge in [-0.1, -0.05) is 62.9 Å². The average Bonchev–Trinajstić information content (AvgIpc) is 3.08. The van der Waals surface area contributed by atoms with E-state index in [9.17, 15) is 0 Å². The Morgan fingerprint density at radius 2 is 1.48 bits per heavy atom. The molecule has 2 fully saturated rings. The Morgan fingerprint density at radius 1 is 0.828 bits per heavy atom. The van der Waals surface area contributed by atoms with Crippen molar-refractivity contribution in [2.45, 2.75) is 76.7 Å². The number of benzene rings is 2. The topological polar surface area (TPSA) is 12.5 Å². The van der Waals surface area contributed by atoms with Gasteiger partial charge in [-0.2, -0.15) is 0 Å². The summed E-state index contributed by atoms with van der Waals surface area (Å²) in [7, 11) is 1.81. The Hall–Kier alpha value is -1.80. The summed E-state index contributed by atoms with van der Waals surface area (Å²) in [5, 5.41) is 0. The van der Waals surface area contributed by atoms with Gasteiger partial charge >= 0.3 is 0 Å². The molecule has 2 aliphatic rings. The minimum Gasteiger partial charge on any atom is -0.496 e. The molecule has 0 N–H and O–H groups in total. The minimum atomic E-state index is 0.613. The van der Waals surface area contributed by atoms with Crippen molar-refractivity contribution in [1.82, 2.24) is 4.90 Å². The lowest BCUT2D eigenvalue weighted by atomic mass is 9.86. The highest BCUT2D eigenvalue weighted by atomic mass is 16.5. The molecule has 2 nitrogen and oxygen atoms in total. The maximum atomic E-state index is 5.77. The minimum absolute atomic E-state index is 0.613. The van der Waals surface area contributed by atoms with Crippen LogP contribution in [0.2, 0.25) is 0 Å². The first-order valence-corrected chi connectivity index (χ1v) is 11.8. The fourth-order valence-corrected chi connectivity index (χ4v) is 5.36. The van der Waals surface area contributed by atoms with Crippen LogP contribution in [0.3, 0.4) is 0 Å². The molecule has 2 heteroatoms. The van der Waals surface area contributed by atoms with Crippen LogP contribution in [0.15, 0.2) is 42.5 Å². The van der Waals surface area contributed by atoms with Gasteiger partial charge in [0, 0.05) is 6.04 Å². The number of hydrogen-bond acceptors (Lipinski definition) is 2. The van der Waals surface area contributed by atoms with E-state index >= 15 is 0 Å². The monoisotopic (exact) mass is 391 g/mol. The van der Waals surface area contributed by atoms with Gasteiger partial charge in [0.05, 0.1) is 7.11 Å². The molecule has 0 aromatic heterocycles. The molecule has 4 rings (SSSR count). The molecule has 0 atom stereocenters. The van der Waals surface area contributed by atoms with Crippen LogP contribution in [-0.2, 0) is 6.42 Å². The molecule has 2 aromatic carbocycles. The van der Waals surface area contributed by atoms with Gasteiger partial charge in [0.2, 0.25) is 0 Å². The molecular formula is C27H37NO. The highest BCUT2D eigenvalue weighted by Gasteiger charge is 2.27. The maximum Gasteiger partial charge on any atom is 0.122 e. The van der Waals surface area contributed by atoms with E-state index in [-0.39, 0.29) is 0 Å². The Morgan fingerprint density at radius 3 is 2.10 bits per heavy atom. The van der Waals surface area contributed by atoms with Crippen LogP contribution in [-0.4, -0.2) is 31.1 Å². The third kappa shape index (κ3) is 4.86. The summed E-state index contributed by atoms with van der Waals surface area (Å²) < 4.78 is 5.77.